The summed E-state index contributed by atoms with van der Waals surface area (Å²) in [6.07, 6.45) is 0. The van der Waals surface area contributed by atoms with Gasteiger partial charge in [-0.25, -0.2) is 8.42 Å². The lowest BCUT2D eigenvalue weighted by Gasteiger charge is -2.13. The highest BCUT2D eigenvalue weighted by molar-refractivity contribution is 7.92. The summed E-state index contributed by atoms with van der Waals surface area (Å²) in [5, 5.41) is 5.31. The highest BCUT2D eigenvalue weighted by Gasteiger charge is 2.19. The number of amides is 2. The van der Waals surface area contributed by atoms with E-state index in [1.54, 1.807) is 13.0 Å². The first-order valence-electron chi connectivity index (χ1n) is 8.28. The molecule has 0 aliphatic rings. The molecule has 3 N–H and O–H groups in total. The third-order valence-electron chi connectivity index (χ3n) is 3.60. The molecule has 0 spiro atoms. The minimum Gasteiger partial charge on any atom is -0.495 e. The average Bonchev–Trinajstić information content (AvgIpc) is 2.66. The predicted molar refractivity (Wildman–Crippen MR) is 106 cm³/mol. The summed E-state index contributed by atoms with van der Waals surface area (Å²) in [6.45, 7) is 2.00. The van der Waals surface area contributed by atoms with Crippen molar-refractivity contribution in [3.63, 3.8) is 0 Å². The maximum absolute atomic E-state index is 12.7. The number of hydrogen-bond donors (Lipinski definition) is 3. The smallest absolute Gasteiger partial charge is 0.262 e. The summed E-state index contributed by atoms with van der Waals surface area (Å²) in [5.41, 5.74) is 0.270. The van der Waals surface area contributed by atoms with Gasteiger partial charge in [0.15, 0.2) is 0 Å². The molecule has 0 unspecified atom stereocenters. The van der Waals surface area contributed by atoms with Crippen LogP contribution < -0.4 is 20.1 Å². The third-order valence-corrected chi connectivity index (χ3v) is 5.19. The molecule has 10 heteroatoms. The van der Waals surface area contributed by atoms with E-state index < -0.39 is 15.9 Å². The van der Waals surface area contributed by atoms with E-state index >= 15 is 0 Å². The molecule has 2 rings (SSSR count). The zero-order valence-electron chi connectivity index (χ0n) is 15.3. The standard InChI is InChI=1S/C18H20ClN3O5S/c1-3-20-17(23)11-21-18(24)12-5-4-6-14(9-12)28(25,26)22-15-10-13(19)7-8-16(15)27-2/h4-10,22H,3,11H2,1-2H3,(H,20,23)(H,21,24). The first-order chi connectivity index (χ1) is 13.3. The van der Waals surface area contributed by atoms with Gasteiger partial charge in [0.25, 0.3) is 15.9 Å². The highest BCUT2D eigenvalue weighted by Crippen LogP contribution is 2.29. The number of sulfonamides is 1. The lowest BCUT2D eigenvalue weighted by Crippen LogP contribution is -2.36. The van der Waals surface area contributed by atoms with E-state index in [4.69, 9.17) is 16.3 Å². The molecule has 28 heavy (non-hydrogen) atoms. The molecule has 8 nitrogen and oxygen atoms in total. The third kappa shape index (κ3) is 5.61. The van der Waals surface area contributed by atoms with Gasteiger partial charge in [-0.05, 0) is 43.3 Å². The van der Waals surface area contributed by atoms with Crippen molar-refractivity contribution >= 4 is 39.1 Å². The predicted octanol–water partition coefficient (Wildman–Crippen LogP) is 2.02. The summed E-state index contributed by atoms with van der Waals surface area (Å²) in [6, 6.07) is 9.97. The molecule has 2 aromatic rings. The van der Waals surface area contributed by atoms with Gasteiger partial charge >= 0.3 is 0 Å². The number of likely N-dealkylation sites (N-methyl/N-ethyl adjacent to an activating group) is 1. The zero-order chi connectivity index (χ0) is 20.7. The van der Waals surface area contributed by atoms with Crippen LogP contribution in [0, 0.1) is 0 Å². The molecule has 0 aromatic heterocycles. The maximum atomic E-state index is 12.7. The van der Waals surface area contributed by atoms with Gasteiger partial charge < -0.3 is 15.4 Å². The fourth-order valence-corrected chi connectivity index (χ4v) is 3.57. The van der Waals surface area contributed by atoms with Gasteiger partial charge in [-0.15, -0.1) is 0 Å². The van der Waals surface area contributed by atoms with Crippen LogP contribution in [0.4, 0.5) is 5.69 Å². The Morgan fingerprint density at radius 3 is 2.54 bits per heavy atom. The van der Waals surface area contributed by atoms with Crippen LogP contribution in [0.5, 0.6) is 5.75 Å². The van der Waals surface area contributed by atoms with E-state index in [-0.39, 0.29) is 28.6 Å². The lowest BCUT2D eigenvalue weighted by molar-refractivity contribution is -0.120. The summed E-state index contributed by atoms with van der Waals surface area (Å²) in [5.74, 6) is -0.609. The van der Waals surface area contributed by atoms with Gasteiger partial charge in [-0.2, -0.15) is 0 Å². The molecule has 0 saturated carbocycles. The average molecular weight is 426 g/mol. The minimum absolute atomic E-state index is 0.102. The Morgan fingerprint density at radius 1 is 1.11 bits per heavy atom. The van der Waals surface area contributed by atoms with Gasteiger partial charge in [-0.1, -0.05) is 17.7 Å². The molecule has 2 amide bonds. The van der Waals surface area contributed by atoms with Crippen LogP contribution in [0.2, 0.25) is 5.02 Å². The number of nitrogens with one attached hydrogen (secondary N) is 3. The SMILES string of the molecule is CCNC(=O)CNC(=O)c1cccc(S(=O)(=O)Nc2cc(Cl)ccc2OC)c1. The Bertz CT molecular complexity index is 979. The minimum atomic E-state index is -4.01. The second-order valence-electron chi connectivity index (χ2n) is 5.61. The van der Waals surface area contributed by atoms with E-state index in [0.29, 0.717) is 17.3 Å². The number of methoxy groups -OCH3 is 1. The second-order valence-corrected chi connectivity index (χ2v) is 7.73. The number of rotatable bonds is 8. The highest BCUT2D eigenvalue weighted by atomic mass is 35.5. The van der Waals surface area contributed by atoms with Crippen molar-refractivity contribution in [3.8, 4) is 5.75 Å². The molecule has 2 aromatic carbocycles. The van der Waals surface area contributed by atoms with Crippen molar-refractivity contribution in [3.05, 3.63) is 53.1 Å². The van der Waals surface area contributed by atoms with E-state index in [2.05, 4.69) is 15.4 Å². The van der Waals surface area contributed by atoms with Crippen molar-refractivity contribution in [1.29, 1.82) is 0 Å². The van der Waals surface area contributed by atoms with E-state index in [1.807, 2.05) is 0 Å². The van der Waals surface area contributed by atoms with Crippen LogP contribution in [0.15, 0.2) is 47.4 Å². The Kier molecular flexibility index (Phi) is 7.24. The van der Waals surface area contributed by atoms with Crippen LogP contribution in [0.3, 0.4) is 0 Å². The van der Waals surface area contributed by atoms with Gasteiger partial charge in [0.1, 0.15) is 5.75 Å². The number of benzene rings is 2. The van der Waals surface area contributed by atoms with Crippen molar-refractivity contribution in [2.24, 2.45) is 0 Å². The summed E-state index contributed by atoms with van der Waals surface area (Å²) >= 11 is 5.92. The van der Waals surface area contributed by atoms with Crippen LogP contribution in [0.1, 0.15) is 17.3 Å². The summed E-state index contributed by atoms with van der Waals surface area (Å²) in [7, 11) is -2.60. The van der Waals surface area contributed by atoms with Gasteiger partial charge in [0.05, 0.1) is 24.2 Å². The first-order valence-corrected chi connectivity index (χ1v) is 10.1. The normalized spacial score (nSPS) is 10.8. The number of hydrogen-bond acceptors (Lipinski definition) is 5. The molecule has 0 bridgehead atoms. The fraction of sp³-hybridized carbons (Fsp3) is 0.222. The quantitative estimate of drug-likeness (QED) is 0.598. The maximum Gasteiger partial charge on any atom is 0.262 e. The second kappa shape index (κ2) is 9.43. The number of ether oxygens (including phenoxy) is 1. The summed E-state index contributed by atoms with van der Waals surface area (Å²) in [4.78, 5) is 23.5. The van der Waals surface area contributed by atoms with Crippen LogP contribution in [0.25, 0.3) is 0 Å². The molecule has 0 aliphatic heterocycles. The van der Waals surface area contributed by atoms with E-state index in [0.717, 1.165) is 0 Å². The molecule has 0 heterocycles. The molecular weight excluding hydrogens is 406 g/mol. The largest absolute Gasteiger partial charge is 0.495 e. The zero-order valence-corrected chi connectivity index (χ0v) is 16.9. The number of anilines is 1. The fourth-order valence-electron chi connectivity index (χ4n) is 2.29. The molecule has 0 aliphatic carbocycles. The van der Waals surface area contributed by atoms with Crippen molar-refractivity contribution < 1.29 is 22.7 Å². The number of carbonyl (C=O) groups is 2. The Morgan fingerprint density at radius 2 is 1.86 bits per heavy atom. The van der Waals surface area contributed by atoms with Crippen molar-refractivity contribution in [1.82, 2.24) is 10.6 Å². The molecule has 0 atom stereocenters. The monoisotopic (exact) mass is 425 g/mol. The Labute approximate surface area is 168 Å². The Balaban J connectivity index is 2.21. The van der Waals surface area contributed by atoms with Gasteiger partial charge in [0, 0.05) is 17.1 Å². The topological polar surface area (TPSA) is 114 Å². The van der Waals surface area contributed by atoms with Gasteiger partial charge in [0.2, 0.25) is 5.91 Å². The van der Waals surface area contributed by atoms with Crippen molar-refractivity contribution in [2.75, 3.05) is 24.9 Å². The van der Waals surface area contributed by atoms with E-state index in [1.165, 1.54) is 43.5 Å². The lowest BCUT2D eigenvalue weighted by atomic mass is 10.2. The summed E-state index contributed by atoms with van der Waals surface area (Å²) < 4.78 is 32.9. The van der Waals surface area contributed by atoms with E-state index in [9.17, 15) is 18.0 Å². The molecule has 0 saturated heterocycles. The molecule has 0 fully saturated rings. The number of halogens is 1. The van der Waals surface area contributed by atoms with Crippen molar-refractivity contribution in [2.45, 2.75) is 11.8 Å². The van der Waals surface area contributed by atoms with Gasteiger partial charge in [-0.3, -0.25) is 14.3 Å². The molecular formula is C18H20ClN3O5S. The molecule has 0 radical (unpaired) electrons. The van der Waals surface area contributed by atoms with Crippen LogP contribution in [-0.2, 0) is 14.8 Å². The number of carbonyl (C=O) groups excluding carboxylic acids is 2. The van der Waals surface area contributed by atoms with Crippen LogP contribution in [-0.4, -0.2) is 40.4 Å². The Hall–Kier alpha value is -2.78. The van der Waals surface area contributed by atoms with Crippen LogP contribution >= 0.6 is 11.6 Å². The first kappa shape index (κ1) is 21.5. The molecule has 150 valence electrons.